The molecule has 2 nitrogen and oxygen atoms in total. The maximum atomic E-state index is 11.6. The SMILES string of the molecule is O=C(/C=C/C=C/c1ccccc1)n1cccc1. The Labute approximate surface area is 101 Å². The van der Waals surface area contributed by atoms with E-state index >= 15 is 0 Å². The predicted molar refractivity (Wildman–Crippen MR) is 69.7 cm³/mol. The van der Waals surface area contributed by atoms with Gasteiger partial charge in [-0.15, -0.1) is 0 Å². The summed E-state index contributed by atoms with van der Waals surface area (Å²) in [5.74, 6) is -0.0484. The van der Waals surface area contributed by atoms with Crippen molar-refractivity contribution in [3.05, 3.63) is 78.6 Å². The molecule has 0 N–H and O–H groups in total. The molecule has 0 aliphatic carbocycles. The molecule has 0 aliphatic heterocycles. The van der Waals surface area contributed by atoms with Gasteiger partial charge in [-0.3, -0.25) is 9.36 Å². The molecule has 84 valence electrons. The van der Waals surface area contributed by atoms with E-state index < -0.39 is 0 Å². The number of hydrogen-bond acceptors (Lipinski definition) is 1. The fraction of sp³-hybridized carbons (Fsp3) is 0. The van der Waals surface area contributed by atoms with Crippen LogP contribution in [0.15, 0.2) is 73.1 Å². The van der Waals surface area contributed by atoms with Gasteiger partial charge in [0.15, 0.2) is 0 Å². The summed E-state index contributed by atoms with van der Waals surface area (Å²) < 4.78 is 1.53. The Balaban J connectivity index is 1.94. The number of allylic oxidation sites excluding steroid dienone is 3. The number of carbonyl (C=O) groups excluding carboxylic acids is 1. The third-order valence-corrected chi connectivity index (χ3v) is 2.30. The molecule has 0 aliphatic rings. The minimum atomic E-state index is -0.0484. The van der Waals surface area contributed by atoms with Crippen LogP contribution in [0.1, 0.15) is 10.4 Å². The van der Waals surface area contributed by atoms with Crippen LogP contribution < -0.4 is 0 Å². The van der Waals surface area contributed by atoms with Gasteiger partial charge in [-0.1, -0.05) is 48.6 Å². The Morgan fingerprint density at radius 3 is 2.35 bits per heavy atom. The Morgan fingerprint density at radius 2 is 1.65 bits per heavy atom. The highest BCUT2D eigenvalue weighted by atomic mass is 16.1. The molecule has 1 heterocycles. The summed E-state index contributed by atoms with van der Waals surface area (Å²) in [6, 6.07) is 13.6. The lowest BCUT2D eigenvalue weighted by Gasteiger charge is -1.92. The zero-order chi connectivity index (χ0) is 11.9. The minimum absolute atomic E-state index is 0.0484. The number of nitrogens with zero attached hydrogens (tertiary/aromatic N) is 1. The number of rotatable bonds is 3. The molecule has 2 aromatic rings. The lowest BCUT2D eigenvalue weighted by molar-refractivity contribution is 0.0969. The average Bonchev–Trinajstić information content (AvgIpc) is 2.89. The van der Waals surface area contributed by atoms with Crippen molar-refractivity contribution in [1.82, 2.24) is 4.57 Å². The summed E-state index contributed by atoms with van der Waals surface area (Å²) in [6.45, 7) is 0. The molecule has 0 spiro atoms. The molecule has 0 atom stereocenters. The minimum Gasteiger partial charge on any atom is -0.291 e. The van der Waals surface area contributed by atoms with Crippen molar-refractivity contribution >= 4 is 12.0 Å². The first-order valence-corrected chi connectivity index (χ1v) is 5.43. The molecule has 17 heavy (non-hydrogen) atoms. The van der Waals surface area contributed by atoms with Gasteiger partial charge in [0.2, 0.25) is 0 Å². The van der Waals surface area contributed by atoms with Gasteiger partial charge < -0.3 is 0 Å². The zero-order valence-electron chi connectivity index (χ0n) is 9.36. The smallest absolute Gasteiger partial charge is 0.254 e. The van der Waals surface area contributed by atoms with E-state index in [1.165, 1.54) is 4.57 Å². The van der Waals surface area contributed by atoms with Crippen LogP contribution in [0.3, 0.4) is 0 Å². The van der Waals surface area contributed by atoms with E-state index in [0.29, 0.717) is 0 Å². The van der Waals surface area contributed by atoms with Crippen LogP contribution in [0.4, 0.5) is 0 Å². The second-order valence-corrected chi connectivity index (χ2v) is 3.56. The van der Waals surface area contributed by atoms with Crippen LogP contribution in [-0.2, 0) is 0 Å². The summed E-state index contributed by atoms with van der Waals surface area (Å²) in [5.41, 5.74) is 1.12. The maximum Gasteiger partial charge on any atom is 0.254 e. The second-order valence-electron chi connectivity index (χ2n) is 3.56. The molecule has 0 saturated heterocycles. The number of hydrogen-bond donors (Lipinski definition) is 0. The van der Waals surface area contributed by atoms with E-state index in [1.807, 2.05) is 54.6 Å². The molecule has 1 aromatic carbocycles. The average molecular weight is 223 g/mol. The lowest BCUT2D eigenvalue weighted by Crippen LogP contribution is -2.02. The molecule has 2 heteroatoms. The molecule has 2 rings (SSSR count). The number of carbonyl (C=O) groups is 1. The molecule has 0 bridgehead atoms. The quantitative estimate of drug-likeness (QED) is 0.577. The molecular weight excluding hydrogens is 210 g/mol. The van der Waals surface area contributed by atoms with Crippen molar-refractivity contribution in [2.45, 2.75) is 0 Å². The van der Waals surface area contributed by atoms with Gasteiger partial charge >= 0.3 is 0 Å². The fourth-order valence-corrected chi connectivity index (χ4v) is 1.44. The van der Waals surface area contributed by atoms with Gasteiger partial charge in [0.25, 0.3) is 5.91 Å². The van der Waals surface area contributed by atoms with E-state index in [2.05, 4.69) is 0 Å². The van der Waals surface area contributed by atoms with Crippen LogP contribution in [-0.4, -0.2) is 10.5 Å². The Hall–Kier alpha value is -2.35. The third-order valence-electron chi connectivity index (χ3n) is 2.30. The highest BCUT2D eigenvalue weighted by molar-refractivity contribution is 5.90. The molecule has 0 radical (unpaired) electrons. The third kappa shape index (κ3) is 3.31. The van der Waals surface area contributed by atoms with Crippen molar-refractivity contribution in [3.8, 4) is 0 Å². The van der Waals surface area contributed by atoms with Gasteiger partial charge in [-0.25, -0.2) is 0 Å². The first kappa shape index (κ1) is 11.1. The summed E-state index contributed by atoms with van der Waals surface area (Å²) in [7, 11) is 0. The van der Waals surface area contributed by atoms with E-state index in [0.717, 1.165) is 5.56 Å². The van der Waals surface area contributed by atoms with Crippen LogP contribution in [0.2, 0.25) is 0 Å². The van der Waals surface area contributed by atoms with Crippen molar-refractivity contribution in [2.24, 2.45) is 0 Å². The molecule has 0 saturated carbocycles. The van der Waals surface area contributed by atoms with Crippen molar-refractivity contribution in [3.63, 3.8) is 0 Å². The summed E-state index contributed by atoms with van der Waals surface area (Å²) in [4.78, 5) is 11.6. The fourth-order valence-electron chi connectivity index (χ4n) is 1.44. The molecule has 0 fully saturated rings. The van der Waals surface area contributed by atoms with Gasteiger partial charge in [0.05, 0.1) is 0 Å². The van der Waals surface area contributed by atoms with E-state index in [-0.39, 0.29) is 5.91 Å². The first-order chi connectivity index (χ1) is 8.36. The Morgan fingerprint density at radius 1 is 0.941 bits per heavy atom. The molecular formula is C15H13NO. The Kier molecular flexibility index (Phi) is 3.71. The van der Waals surface area contributed by atoms with Gasteiger partial charge in [0, 0.05) is 18.5 Å². The zero-order valence-corrected chi connectivity index (χ0v) is 9.36. The molecule has 1 aromatic heterocycles. The van der Waals surface area contributed by atoms with E-state index in [9.17, 15) is 4.79 Å². The lowest BCUT2D eigenvalue weighted by atomic mass is 10.2. The first-order valence-electron chi connectivity index (χ1n) is 5.43. The summed E-state index contributed by atoms with van der Waals surface area (Å²) >= 11 is 0. The topological polar surface area (TPSA) is 22.0 Å². The normalized spacial score (nSPS) is 11.3. The Bertz CT molecular complexity index is 521. The number of aromatic nitrogens is 1. The number of benzene rings is 1. The van der Waals surface area contributed by atoms with E-state index in [1.54, 1.807) is 24.5 Å². The predicted octanol–water partition coefficient (Wildman–Crippen LogP) is 3.40. The van der Waals surface area contributed by atoms with Crippen molar-refractivity contribution in [2.75, 3.05) is 0 Å². The van der Waals surface area contributed by atoms with E-state index in [4.69, 9.17) is 0 Å². The van der Waals surface area contributed by atoms with Gasteiger partial charge in [-0.2, -0.15) is 0 Å². The maximum absolute atomic E-state index is 11.6. The van der Waals surface area contributed by atoms with Crippen LogP contribution in [0.25, 0.3) is 6.08 Å². The second kappa shape index (κ2) is 5.66. The van der Waals surface area contributed by atoms with Crippen LogP contribution in [0.5, 0.6) is 0 Å². The molecule has 0 amide bonds. The largest absolute Gasteiger partial charge is 0.291 e. The molecule has 0 unspecified atom stereocenters. The summed E-state index contributed by atoms with van der Waals surface area (Å²) in [6.07, 6.45) is 10.6. The standard InChI is InChI=1S/C15H13NO/c17-15(16-12-6-7-13-16)11-5-4-10-14-8-2-1-3-9-14/h1-13H/b10-4+,11-5+. The van der Waals surface area contributed by atoms with Crippen molar-refractivity contribution < 1.29 is 4.79 Å². The van der Waals surface area contributed by atoms with Gasteiger partial charge in [-0.05, 0) is 17.7 Å². The highest BCUT2D eigenvalue weighted by Crippen LogP contribution is 2.01. The monoisotopic (exact) mass is 223 g/mol. The highest BCUT2D eigenvalue weighted by Gasteiger charge is 1.94. The van der Waals surface area contributed by atoms with Gasteiger partial charge in [0.1, 0.15) is 0 Å². The van der Waals surface area contributed by atoms with Crippen molar-refractivity contribution in [1.29, 1.82) is 0 Å². The summed E-state index contributed by atoms with van der Waals surface area (Å²) in [5, 5.41) is 0. The van der Waals surface area contributed by atoms with Crippen LogP contribution >= 0.6 is 0 Å². The van der Waals surface area contributed by atoms with Crippen LogP contribution in [0, 0.1) is 0 Å².